The van der Waals surface area contributed by atoms with E-state index in [1.165, 1.54) is 0 Å². The number of hydrogen-bond donors (Lipinski definition) is 0. The Labute approximate surface area is 641 Å². The van der Waals surface area contributed by atoms with Crippen molar-refractivity contribution in [3.8, 4) is 0 Å². The van der Waals surface area contributed by atoms with Gasteiger partial charge in [-0.15, -0.1) is 79.3 Å². The van der Waals surface area contributed by atoms with E-state index in [1.54, 1.807) is 0 Å². The first kappa shape index (κ1) is 123. The van der Waals surface area contributed by atoms with Crippen molar-refractivity contribution in [2.45, 2.75) is 249 Å². The van der Waals surface area contributed by atoms with Crippen LogP contribution in [0.4, 0.5) is 0 Å². The summed E-state index contributed by atoms with van der Waals surface area (Å²) in [6.45, 7) is 69.8. The van der Waals surface area contributed by atoms with Gasteiger partial charge in [0.25, 0.3) is 0 Å². The minimum Gasteiger partial charge on any atom is -0.854 e. The van der Waals surface area contributed by atoms with Crippen LogP contribution in [0.15, 0.2) is 0 Å². The van der Waals surface area contributed by atoms with Gasteiger partial charge < -0.3 is 61.3 Å². The van der Waals surface area contributed by atoms with E-state index >= 15 is 0 Å². The Morgan fingerprint density at radius 1 is 0.118 bits per heavy atom. The van der Waals surface area contributed by atoms with Crippen LogP contribution < -0.4 is 61.3 Å². The van der Waals surface area contributed by atoms with Crippen LogP contribution in [0.3, 0.4) is 0 Å². The second-order valence-electron chi connectivity index (χ2n) is 32.5. The van der Waals surface area contributed by atoms with Gasteiger partial charge in [-0.05, 0) is 0 Å². The molecular formula is C60H132Eu4O12. The molecular weight excluding hydrogens is 1520 g/mol. The van der Waals surface area contributed by atoms with Gasteiger partial charge in [-0.3, -0.25) is 0 Å². The summed E-state index contributed by atoms with van der Waals surface area (Å²) in [7, 11) is 0. The van der Waals surface area contributed by atoms with E-state index in [9.17, 15) is 61.3 Å². The summed E-state index contributed by atoms with van der Waals surface area (Å²) < 4.78 is 0. The van der Waals surface area contributed by atoms with Crippen molar-refractivity contribution in [3.63, 3.8) is 0 Å². The molecule has 0 aromatic rings. The van der Waals surface area contributed by atoms with Gasteiger partial charge in [-0.1, -0.05) is 314 Å². The Balaban J connectivity index is -0.0000000367. The molecule has 0 amide bonds. The Bertz CT molecular complexity index is 728. The minimum atomic E-state index is -0.0139. The molecule has 0 bridgehead atoms. The molecule has 0 aliphatic heterocycles. The molecule has 0 atom stereocenters. The predicted molar refractivity (Wildman–Crippen MR) is 292 cm³/mol. The van der Waals surface area contributed by atoms with Crippen molar-refractivity contribution < 1.29 is 259 Å². The first-order chi connectivity index (χ1) is 30.7. The van der Waals surface area contributed by atoms with Crippen LogP contribution in [0.1, 0.15) is 249 Å². The van der Waals surface area contributed by atoms with Crippen molar-refractivity contribution in [2.75, 3.05) is 79.3 Å². The van der Waals surface area contributed by atoms with Crippen molar-refractivity contribution >= 4 is 0 Å². The van der Waals surface area contributed by atoms with E-state index < -0.39 is 0 Å². The van der Waals surface area contributed by atoms with Crippen LogP contribution in [0.2, 0.25) is 0 Å². The Hall–Kier alpha value is 5.86. The molecule has 0 rings (SSSR count). The summed E-state index contributed by atoms with van der Waals surface area (Å²) in [4.78, 5) is 0. The van der Waals surface area contributed by atoms with E-state index in [4.69, 9.17) is 0 Å². The van der Waals surface area contributed by atoms with Gasteiger partial charge in [-0.2, -0.15) is 0 Å². The topological polar surface area (TPSA) is 277 Å². The summed E-state index contributed by atoms with van der Waals surface area (Å²) in [5.74, 6) is 0. The standard InChI is InChI=1S/12C5H11O.4Eu/c12*1-5(2,3)4-6;;;;/h12*4H2,1-3H3;;;;/q12*-1;4*+3. The first-order valence-corrected chi connectivity index (χ1v) is 25.7. The zero-order valence-corrected chi connectivity index (χ0v) is 66.6. The van der Waals surface area contributed by atoms with Crippen molar-refractivity contribution in [1.29, 1.82) is 0 Å². The SMILES string of the molecule is CC(C)(C)C[O-].CC(C)(C)C[O-].CC(C)(C)C[O-].CC(C)(C)C[O-].CC(C)(C)C[O-].CC(C)(C)C[O-].CC(C)(C)C[O-].CC(C)(C)C[O-].CC(C)(C)C[O-].CC(C)(C)C[O-].CC(C)(C)C[O-].CC(C)(C)C[O-].[Eu+3].[Eu+3].[Eu+3].[Eu+3]. The average molecular weight is 1650 g/mol. The van der Waals surface area contributed by atoms with E-state index in [2.05, 4.69) is 0 Å². The Morgan fingerprint density at radius 2 is 0.132 bits per heavy atom. The minimum absolute atomic E-state index is 0. The number of hydrogen-bond acceptors (Lipinski definition) is 12. The third kappa shape index (κ3) is 283. The van der Waals surface area contributed by atoms with E-state index in [1.807, 2.05) is 249 Å². The molecule has 0 fully saturated rings. The fourth-order valence-corrected chi connectivity index (χ4v) is 0. The maximum atomic E-state index is 9.95. The van der Waals surface area contributed by atoms with Gasteiger partial charge in [0.2, 0.25) is 0 Å². The predicted octanol–water partition coefficient (Wildman–Crippen LogP) is 4.71. The maximum Gasteiger partial charge on any atom is 3.00 e. The van der Waals surface area contributed by atoms with Gasteiger partial charge in [0.05, 0.1) is 0 Å². The number of rotatable bonds is 0. The van der Waals surface area contributed by atoms with Crippen LogP contribution in [-0.4, -0.2) is 79.3 Å². The molecule has 0 radical (unpaired) electrons. The summed E-state index contributed by atoms with van der Waals surface area (Å²) in [5, 5.41) is 119. The molecule has 76 heavy (non-hydrogen) atoms. The molecule has 472 valence electrons. The fraction of sp³-hybridized carbons (Fsp3) is 1.00. The van der Waals surface area contributed by atoms with Crippen LogP contribution in [0.5, 0.6) is 0 Å². The smallest absolute Gasteiger partial charge is 0.854 e. The first-order valence-electron chi connectivity index (χ1n) is 25.7. The van der Waals surface area contributed by atoms with Crippen LogP contribution >= 0.6 is 0 Å². The monoisotopic (exact) mass is 1660 g/mol. The quantitative estimate of drug-likeness (QED) is 0.319. The summed E-state index contributed by atoms with van der Waals surface area (Å²) in [6, 6.07) is 0. The summed E-state index contributed by atoms with van der Waals surface area (Å²) >= 11 is 0. The van der Waals surface area contributed by atoms with Gasteiger partial charge in [-0.25, -0.2) is 0 Å². The molecule has 0 aliphatic rings. The van der Waals surface area contributed by atoms with E-state index in [0.29, 0.717) is 0 Å². The molecule has 0 spiro atoms. The molecule has 0 saturated heterocycles. The van der Waals surface area contributed by atoms with Gasteiger partial charge in [0.1, 0.15) is 0 Å². The van der Waals surface area contributed by atoms with Crippen LogP contribution in [0, 0.1) is 262 Å². The summed E-state index contributed by atoms with van der Waals surface area (Å²) in [6.07, 6.45) is 0. The van der Waals surface area contributed by atoms with Gasteiger partial charge in [0, 0.05) is 0 Å². The fourth-order valence-electron chi connectivity index (χ4n) is 0. The van der Waals surface area contributed by atoms with Crippen molar-refractivity contribution in [2.24, 2.45) is 65.0 Å². The van der Waals surface area contributed by atoms with Crippen LogP contribution in [-0.2, 0) is 0 Å². The average Bonchev–Trinajstić information content (AvgIpc) is 3.17. The molecule has 12 nitrogen and oxygen atoms in total. The third-order valence-electron chi connectivity index (χ3n) is 5.20. The zero-order chi connectivity index (χ0) is 62.5. The van der Waals surface area contributed by atoms with E-state index in [0.717, 1.165) is 0 Å². The zero-order valence-electron chi connectivity index (χ0n) is 56.9. The Kier molecular flexibility index (Phi) is 104. The molecule has 0 unspecified atom stereocenters. The van der Waals surface area contributed by atoms with E-state index in [-0.39, 0.29) is 342 Å². The summed E-state index contributed by atoms with van der Waals surface area (Å²) in [5.41, 5.74) is -0.167. The van der Waals surface area contributed by atoms with Crippen molar-refractivity contribution in [1.82, 2.24) is 0 Å². The molecule has 0 N–H and O–H groups in total. The van der Waals surface area contributed by atoms with Crippen LogP contribution in [0.25, 0.3) is 0 Å². The molecule has 0 aromatic carbocycles. The molecule has 0 heterocycles. The molecule has 0 aromatic heterocycles. The molecule has 16 heteroatoms. The van der Waals surface area contributed by atoms with Gasteiger partial charge in [0.15, 0.2) is 0 Å². The largest absolute Gasteiger partial charge is 3.00 e. The molecule has 0 aliphatic carbocycles. The van der Waals surface area contributed by atoms with Gasteiger partial charge >= 0.3 is 198 Å². The van der Waals surface area contributed by atoms with Crippen molar-refractivity contribution in [3.05, 3.63) is 0 Å². The normalized spacial score (nSPS) is 11.4. The maximum absolute atomic E-state index is 9.95. The third-order valence-corrected chi connectivity index (χ3v) is 5.20. The molecule has 0 saturated carbocycles. The second kappa shape index (κ2) is 63.9. The Morgan fingerprint density at radius 3 is 0.132 bits per heavy atom. The second-order valence-corrected chi connectivity index (χ2v) is 32.5.